The van der Waals surface area contributed by atoms with Crippen LogP contribution in [0.2, 0.25) is 5.02 Å². The monoisotopic (exact) mass is 300 g/mol. The first kappa shape index (κ1) is 11.6. The molecule has 1 aromatic carbocycles. The Bertz CT molecular complexity index is 497. The molecule has 0 atom stereocenters. The molecule has 0 radical (unpaired) electrons. The fourth-order valence-corrected chi connectivity index (χ4v) is 1.90. The van der Waals surface area contributed by atoms with Gasteiger partial charge in [0, 0.05) is 10.0 Å². The molecule has 2 rings (SSSR count). The molecule has 1 N–H and O–H groups in total. The van der Waals surface area contributed by atoms with E-state index in [0.29, 0.717) is 10.9 Å². The third-order valence-electron chi connectivity index (χ3n) is 2.37. The highest BCUT2D eigenvalue weighted by molar-refractivity contribution is 9.10. The summed E-state index contributed by atoms with van der Waals surface area (Å²) in [6.07, 6.45) is 0. The van der Waals surface area contributed by atoms with E-state index in [0.717, 1.165) is 10.0 Å². The average Bonchev–Trinajstić information content (AvgIpc) is 2.46. The Morgan fingerprint density at radius 2 is 2.12 bits per heavy atom. The van der Waals surface area contributed by atoms with Crippen LogP contribution in [0.1, 0.15) is 19.4 Å². The summed E-state index contributed by atoms with van der Waals surface area (Å²) in [4.78, 5) is 15.9. The third-order valence-corrected chi connectivity index (χ3v) is 3.59. The quantitative estimate of drug-likeness (QED) is 0.851. The van der Waals surface area contributed by atoms with Crippen molar-refractivity contribution in [2.45, 2.75) is 19.4 Å². The van der Waals surface area contributed by atoms with Gasteiger partial charge >= 0.3 is 0 Å². The van der Waals surface area contributed by atoms with Crippen molar-refractivity contribution in [2.24, 2.45) is 4.99 Å². The summed E-state index contributed by atoms with van der Waals surface area (Å²) in [5.74, 6) is 0.501. The van der Waals surface area contributed by atoms with Crippen LogP contribution in [0, 0.1) is 0 Å². The number of hydrogen-bond acceptors (Lipinski definition) is 2. The summed E-state index contributed by atoms with van der Waals surface area (Å²) >= 11 is 9.24. The van der Waals surface area contributed by atoms with Gasteiger partial charge in [0.25, 0.3) is 5.91 Å². The highest BCUT2D eigenvalue weighted by Gasteiger charge is 2.34. The van der Waals surface area contributed by atoms with E-state index in [4.69, 9.17) is 11.6 Å². The number of aliphatic imine (C=N–C) groups is 1. The maximum absolute atomic E-state index is 11.6. The lowest BCUT2D eigenvalue weighted by Crippen LogP contribution is -2.34. The zero-order chi connectivity index (χ0) is 11.9. The molecule has 84 valence electrons. The zero-order valence-corrected chi connectivity index (χ0v) is 11.2. The highest BCUT2D eigenvalue weighted by Crippen LogP contribution is 2.25. The first-order valence-corrected chi connectivity index (χ1v) is 5.94. The van der Waals surface area contributed by atoms with Crippen molar-refractivity contribution in [3.8, 4) is 0 Å². The molecule has 0 saturated heterocycles. The van der Waals surface area contributed by atoms with Crippen LogP contribution in [-0.4, -0.2) is 17.3 Å². The SMILES string of the molecule is CC1(C)N=C(c2ccc(Cl)c(Br)c2)NC1=O. The number of amides is 1. The van der Waals surface area contributed by atoms with Gasteiger partial charge in [-0.1, -0.05) is 11.6 Å². The number of amidine groups is 1. The number of benzene rings is 1. The van der Waals surface area contributed by atoms with Crippen LogP contribution in [-0.2, 0) is 4.79 Å². The van der Waals surface area contributed by atoms with E-state index in [1.54, 1.807) is 19.9 Å². The number of carbonyl (C=O) groups is 1. The van der Waals surface area contributed by atoms with Crippen LogP contribution >= 0.6 is 27.5 Å². The number of hydrogen-bond donors (Lipinski definition) is 1. The molecule has 16 heavy (non-hydrogen) atoms. The predicted molar refractivity (Wildman–Crippen MR) is 67.9 cm³/mol. The Hall–Kier alpha value is -0.870. The smallest absolute Gasteiger partial charge is 0.252 e. The van der Waals surface area contributed by atoms with E-state index in [9.17, 15) is 4.79 Å². The van der Waals surface area contributed by atoms with Crippen molar-refractivity contribution in [3.63, 3.8) is 0 Å². The number of halogens is 2. The summed E-state index contributed by atoms with van der Waals surface area (Å²) in [5, 5.41) is 3.39. The van der Waals surface area contributed by atoms with Crippen LogP contribution in [0.5, 0.6) is 0 Å². The Morgan fingerprint density at radius 1 is 1.44 bits per heavy atom. The molecule has 0 saturated carbocycles. The van der Waals surface area contributed by atoms with Gasteiger partial charge in [-0.3, -0.25) is 9.79 Å². The molecule has 1 amide bonds. The lowest BCUT2D eigenvalue weighted by Gasteiger charge is -2.07. The van der Waals surface area contributed by atoms with E-state index in [2.05, 4.69) is 26.2 Å². The van der Waals surface area contributed by atoms with E-state index in [1.165, 1.54) is 0 Å². The van der Waals surface area contributed by atoms with E-state index >= 15 is 0 Å². The molecule has 0 unspecified atom stereocenters. The molecule has 1 aromatic rings. The third kappa shape index (κ3) is 1.99. The zero-order valence-electron chi connectivity index (χ0n) is 8.84. The molecule has 0 aromatic heterocycles. The minimum Gasteiger partial charge on any atom is -0.308 e. The summed E-state index contributed by atoms with van der Waals surface area (Å²) in [7, 11) is 0. The molecule has 3 nitrogen and oxygen atoms in total. The molecule has 0 bridgehead atoms. The fourth-order valence-electron chi connectivity index (χ4n) is 1.40. The first-order valence-electron chi connectivity index (χ1n) is 4.77. The van der Waals surface area contributed by atoms with Crippen LogP contribution in [0.25, 0.3) is 0 Å². The first-order chi connectivity index (χ1) is 7.40. The van der Waals surface area contributed by atoms with E-state index < -0.39 is 5.54 Å². The van der Waals surface area contributed by atoms with Crippen LogP contribution < -0.4 is 5.32 Å². The largest absolute Gasteiger partial charge is 0.308 e. The molecule has 1 heterocycles. The number of rotatable bonds is 1. The topological polar surface area (TPSA) is 41.5 Å². The van der Waals surface area contributed by atoms with Crippen LogP contribution in [0.15, 0.2) is 27.7 Å². The molecule has 0 aliphatic carbocycles. The summed E-state index contributed by atoms with van der Waals surface area (Å²) < 4.78 is 0.785. The molecule has 0 fully saturated rings. The number of carbonyl (C=O) groups excluding carboxylic acids is 1. The van der Waals surface area contributed by atoms with Gasteiger partial charge in [0.2, 0.25) is 0 Å². The van der Waals surface area contributed by atoms with Gasteiger partial charge in [-0.05, 0) is 48.0 Å². The lowest BCUT2D eigenvalue weighted by atomic mass is 10.1. The maximum Gasteiger partial charge on any atom is 0.252 e. The van der Waals surface area contributed by atoms with Crippen LogP contribution in [0.4, 0.5) is 0 Å². The number of nitrogens with zero attached hydrogens (tertiary/aromatic N) is 1. The second kappa shape index (κ2) is 3.86. The normalized spacial score (nSPS) is 18.2. The Morgan fingerprint density at radius 3 is 2.62 bits per heavy atom. The van der Waals surface area contributed by atoms with Gasteiger partial charge in [-0.25, -0.2) is 0 Å². The maximum atomic E-state index is 11.6. The van der Waals surface area contributed by atoms with Gasteiger partial charge in [0.1, 0.15) is 11.4 Å². The molecule has 1 aliphatic rings. The predicted octanol–water partition coefficient (Wildman–Crippen LogP) is 2.76. The minimum atomic E-state index is -0.693. The average molecular weight is 302 g/mol. The highest BCUT2D eigenvalue weighted by atomic mass is 79.9. The van der Waals surface area contributed by atoms with E-state index in [-0.39, 0.29) is 5.91 Å². The molecule has 5 heteroatoms. The molecule has 0 spiro atoms. The minimum absolute atomic E-state index is 0.0893. The van der Waals surface area contributed by atoms with Crippen molar-refractivity contribution in [1.82, 2.24) is 5.32 Å². The molecular formula is C11H10BrClN2O. The van der Waals surface area contributed by atoms with Crippen molar-refractivity contribution >= 4 is 39.3 Å². The molecular weight excluding hydrogens is 291 g/mol. The van der Waals surface area contributed by atoms with Gasteiger partial charge < -0.3 is 5.32 Å². The van der Waals surface area contributed by atoms with Crippen molar-refractivity contribution in [2.75, 3.05) is 0 Å². The van der Waals surface area contributed by atoms with Gasteiger partial charge in [-0.15, -0.1) is 0 Å². The van der Waals surface area contributed by atoms with Crippen molar-refractivity contribution < 1.29 is 4.79 Å². The Labute approximate surface area is 107 Å². The van der Waals surface area contributed by atoms with Gasteiger partial charge in [-0.2, -0.15) is 0 Å². The lowest BCUT2D eigenvalue weighted by molar-refractivity contribution is -0.122. The second-order valence-electron chi connectivity index (χ2n) is 4.10. The van der Waals surface area contributed by atoms with Crippen molar-refractivity contribution in [3.05, 3.63) is 33.3 Å². The Kier molecular flexibility index (Phi) is 2.80. The summed E-state index contributed by atoms with van der Waals surface area (Å²) in [5.41, 5.74) is 0.150. The summed E-state index contributed by atoms with van der Waals surface area (Å²) in [6.45, 7) is 3.56. The van der Waals surface area contributed by atoms with E-state index in [1.807, 2.05) is 12.1 Å². The van der Waals surface area contributed by atoms with Gasteiger partial charge in [0.15, 0.2) is 0 Å². The summed E-state index contributed by atoms with van der Waals surface area (Å²) in [6, 6.07) is 5.43. The fraction of sp³-hybridized carbons (Fsp3) is 0.273. The second-order valence-corrected chi connectivity index (χ2v) is 5.36. The number of nitrogens with one attached hydrogen (secondary N) is 1. The Balaban J connectivity index is 2.40. The molecule has 1 aliphatic heterocycles. The van der Waals surface area contributed by atoms with Crippen molar-refractivity contribution in [1.29, 1.82) is 0 Å². The van der Waals surface area contributed by atoms with Crippen LogP contribution in [0.3, 0.4) is 0 Å². The standard InChI is InChI=1S/C11H10BrClN2O/c1-11(2)10(16)14-9(15-11)6-3-4-8(13)7(12)5-6/h3-5H,1-2H3,(H,14,15,16). The van der Waals surface area contributed by atoms with Gasteiger partial charge in [0.05, 0.1) is 5.02 Å².